The van der Waals surface area contributed by atoms with Gasteiger partial charge in [-0.05, 0) is 55.7 Å². The average molecular weight is 701 g/mol. The topological polar surface area (TPSA) is 43.6 Å². The van der Waals surface area contributed by atoms with Crippen LogP contribution in [0.25, 0.3) is 69.5 Å². The SMILES string of the molecule is S=P(c1ccccc1)(c1ccccc1)c1nc2nc(-c3nc4ccccc4n3-c3cccc4c5ccccc5c5ccccc5c34)sc2s1. The maximum Gasteiger partial charge on any atom is 0.182 e. The maximum absolute atomic E-state index is 6.60. The molecule has 3 heterocycles. The fourth-order valence-corrected chi connectivity index (χ4v) is 13.8. The van der Waals surface area contributed by atoms with Crippen molar-refractivity contribution in [2.45, 2.75) is 0 Å². The van der Waals surface area contributed by atoms with Gasteiger partial charge in [-0.3, -0.25) is 4.57 Å². The molecule has 0 aliphatic carbocycles. The highest BCUT2D eigenvalue weighted by molar-refractivity contribution is 8.26. The summed E-state index contributed by atoms with van der Waals surface area (Å²) < 4.78 is 4.31. The van der Waals surface area contributed by atoms with E-state index in [2.05, 4.69) is 138 Å². The lowest BCUT2D eigenvalue weighted by atomic mass is 9.93. The number of hydrogen-bond acceptors (Lipinski definition) is 6. The number of para-hydroxylation sites is 2. The quantitative estimate of drug-likeness (QED) is 0.132. The van der Waals surface area contributed by atoms with E-state index in [-0.39, 0.29) is 0 Å². The average Bonchev–Trinajstić information content (AvgIpc) is 3.87. The second-order valence-corrected chi connectivity index (χ2v) is 18.8. The van der Waals surface area contributed by atoms with Crippen LogP contribution in [0.15, 0.2) is 152 Å². The van der Waals surface area contributed by atoms with Crippen molar-refractivity contribution in [1.29, 1.82) is 0 Å². The Labute approximate surface area is 295 Å². The highest BCUT2D eigenvalue weighted by Gasteiger charge is 2.30. The molecule has 10 aromatic rings. The van der Waals surface area contributed by atoms with Crippen molar-refractivity contribution in [3.63, 3.8) is 0 Å². The Morgan fingerprint density at radius 1 is 0.510 bits per heavy atom. The molecule has 3 aromatic heterocycles. The maximum atomic E-state index is 6.60. The molecule has 0 N–H and O–H groups in total. The monoisotopic (exact) mass is 700 g/mol. The zero-order valence-corrected chi connectivity index (χ0v) is 29.2. The summed E-state index contributed by atoms with van der Waals surface area (Å²) in [5.74, 6) is 0.813. The van der Waals surface area contributed by atoms with Crippen LogP contribution in [0, 0.1) is 0 Å². The van der Waals surface area contributed by atoms with Gasteiger partial charge in [-0.1, -0.05) is 168 Å². The Balaban J connectivity index is 1.21. The van der Waals surface area contributed by atoms with Crippen molar-refractivity contribution in [2.24, 2.45) is 0 Å². The van der Waals surface area contributed by atoms with Crippen molar-refractivity contribution >= 4 is 109 Å². The highest BCUT2D eigenvalue weighted by Crippen LogP contribution is 2.47. The molecule has 7 aromatic carbocycles. The second-order valence-electron chi connectivity index (χ2n) is 12.0. The molecule has 8 heteroatoms. The van der Waals surface area contributed by atoms with Crippen LogP contribution >= 0.6 is 28.7 Å². The lowest BCUT2D eigenvalue weighted by molar-refractivity contribution is 1.11. The minimum Gasteiger partial charge on any atom is -0.290 e. The van der Waals surface area contributed by atoms with E-state index in [1.165, 1.54) is 32.3 Å². The summed E-state index contributed by atoms with van der Waals surface area (Å²) in [5, 5.41) is 10.5. The minimum absolute atomic E-state index is 0.731. The molecule has 0 fully saturated rings. The molecular weight excluding hydrogens is 676 g/mol. The van der Waals surface area contributed by atoms with Gasteiger partial charge in [-0.2, -0.15) is 0 Å². The van der Waals surface area contributed by atoms with Gasteiger partial charge in [-0.15, -0.1) is 0 Å². The van der Waals surface area contributed by atoms with Crippen LogP contribution in [-0.4, -0.2) is 19.5 Å². The van der Waals surface area contributed by atoms with Gasteiger partial charge in [0.25, 0.3) is 0 Å². The Hall–Kier alpha value is -5.04. The first-order chi connectivity index (χ1) is 24.2. The van der Waals surface area contributed by atoms with Crippen molar-refractivity contribution in [2.75, 3.05) is 0 Å². The Bertz CT molecular complexity index is 2810. The molecule has 4 nitrogen and oxygen atoms in total. The number of hydrogen-bond donors (Lipinski definition) is 0. The van der Waals surface area contributed by atoms with Crippen LogP contribution in [0.4, 0.5) is 0 Å². The molecule has 0 spiro atoms. The first-order valence-corrected chi connectivity index (χ1v) is 20.4. The van der Waals surface area contributed by atoms with E-state index in [1.54, 1.807) is 22.7 Å². The molecule has 0 radical (unpaired) electrons. The van der Waals surface area contributed by atoms with Gasteiger partial charge in [0.05, 0.1) is 22.8 Å². The largest absolute Gasteiger partial charge is 0.290 e. The summed E-state index contributed by atoms with van der Waals surface area (Å²) in [5.41, 5.74) is 3.78. The number of imidazole rings is 1. The summed E-state index contributed by atoms with van der Waals surface area (Å²) in [6.07, 6.45) is 0. The standard InChI is InChI=1S/C41H25N4PS3/c47-46(26-14-3-1-4-15-26,27-16-5-2-6-17-27)41-44-37-40(49-41)48-39(43-37)38-42-33-23-11-12-24-34(33)45(38)35-25-13-22-32-30-19-8-7-18-28(30)29-20-9-10-21-31(29)36(32)35/h1-25H. The van der Waals surface area contributed by atoms with Crippen LogP contribution in [0.5, 0.6) is 0 Å². The number of benzene rings is 7. The number of rotatable bonds is 5. The van der Waals surface area contributed by atoms with E-state index < -0.39 is 6.04 Å². The molecule has 0 bridgehead atoms. The van der Waals surface area contributed by atoms with Crippen molar-refractivity contribution in [1.82, 2.24) is 19.5 Å². The zero-order valence-electron chi connectivity index (χ0n) is 25.9. The second kappa shape index (κ2) is 11.3. The van der Waals surface area contributed by atoms with Crippen LogP contribution in [0.1, 0.15) is 0 Å². The molecule has 0 atom stereocenters. The highest BCUT2D eigenvalue weighted by atomic mass is 32.4. The predicted molar refractivity (Wildman–Crippen MR) is 214 cm³/mol. The molecule has 0 aliphatic heterocycles. The van der Waals surface area contributed by atoms with Crippen molar-refractivity contribution in [3.05, 3.63) is 152 Å². The lowest BCUT2D eigenvalue weighted by Crippen LogP contribution is -2.24. The van der Waals surface area contributed by atoms with Crippen LogP contribution in [0.2, 0.25) is 0 Å². The van der Waals surface area contributed by atoms with Gasteiger partial charge in [0.2, 0.25) is 0 Å². The van der Waals surface area contributed by atoms with Gasteiger partial charge < -0.3 is 0 Å². The Morgan fingerprint density at radius 3 is 1.71 bits per heavy atom. The van der Waals surface area contributed by atoms with Crippen LogP contribution in [0.3, 0.4) is 0 Å². The first-order valence-electron chi connectivity index (χ1n) is 16.0. The summed E-state index contributed by atoms with van der Waals surface area (Å²) in [4.78, 5) is 15.6. The molecular formula is C41H25N4PS3. The molecule has 0 amide bonds. The Kier molecular flexibility index (Phi) is 6.65. The van der Waals surface area contributed by atoms with Crippen molar-refractivity contribution < 1.29 is 0 Å². The summed E-state index contributed by atoms with van der Waals surface area (Å²) in [6.45, 7) is 0. The molecule has 49 heavy (non-hydrogen) atoms. The summed E-state index contributed by atoms with van der Waals surface area (Å²) >= 11 is 9.92. The van der Waals surface area contributed by atoms with Gasteiger partial charge in [0, 0.05) is 5.39 Å². The number of fused-ring (bicyclic) bond motifs is 8. The minimum atomic E-state index is -2.37. The van der Waals surface area contributed by atoms with Gasteiger partial charge in [0.15, 0.2) is 16.5 Å². The normalized spacial score (nSPS) is 12.2. The number of aromatic nitrogens is 4. The van der Waals surface area contributed by atoms with Gasteiger partial charge in [0.1, 0.15) is 8.76 Å². The number of thiazole rings is 2. The van der Waals surface area contributed by atoms with Gasteiger partial charge >= 0.3 is 0 Å². The summed E-state index contributed by atoms with van der Waals surface area (Å²) in [7, 11) is 0. The fraction of sp³-hybridized carbons (Fsp3) is 0. The third-order valence-corrected chi connectivity index (χ3v) is 17.1. The van der Waals surface area contributed by atoms with E-state index in [9.17, 15) is 0 Å². The molecule has 0 unspecified atom stereocenters. The van der Waals surface area contributed by atoms with E-state index in [1.807, 2.05) is 18.2 Å². The number of nitrogens with zero attached hydrogens (tertiary/aromatic N) is 4. The zero-order chi connectivity index (χ0) is 32.5. The smallest absolute Gasteiger partial charge is 0.182 e. The van der Waals surface area contributed by atoms with Gasteiger partial charge in [-0.25, -0.2) is 15.0 Å². The predicted octanol–water partition coefficient (Wildman–Crippen LogP) is 9.97. The Morgan fingerprint density at radius 2 is 1.06 bits per heavy atom. The van der Waals surface area contributed by atoms with E-state index in [0.717, 1.165) is 52.6 Å². The molecule has 0 aliphatic rings. The molecule has 10 rings (SSSR count). The first kappa shape index (κ1) is 28.9. The van der Waals surface area contributed by atoms with E-state index >= 15 is 0 Å². The van der Waals surface area contributed by atoms with Crippen molar-refractivity contribution in [3.8, 4) is 16.5 Å². The lowest BCUT2D eigenvalue weighted by Gasteiger charge is -2.20. The van der Waals surface area contributed by atoms with E-state index in [4.69, 9.17) is 26.8 Å². The molecule has 0 saturated heterocycles. The fourth-order valence-electron chi connectivity index (χ4n) is 7.04. The molecule has 0 saturated carbocycles. The van der Waals surface area contributed by atoms with Crippen LogP contribution < -0.4 is 15.4 Å². The van der Waals surface area contributed by atoms with E-state index in [0.29, 0.717) is 0 Å². The molecule has 232 valence electrons. The third kappa shape index (κ3) is 4.40. The van der Waals surface area contributed by atoms with Crippen LogP contribution in [-0.2, 0) is 11.8 Å². The third-order valence-electron chi connectivity index (χ3n) is 9.21. The summed E-state index contributed by atoms with van der Waals surface area (Å²) in [6, 6.07) is 50.9.